The van der Waals surface area contributed by atoms with Gasteiger partial charge in [0.15, 0.2) is 5.25 Å². The smallest absolute Gasteiger partial charge is 0.550 e. The summed E-state index contributed by atoms with van der Waals surface area (Å²) in [6, 6.07) is 0. The van der Waals surface area contributed by atoms with Crippen LogP contribution in [0.2, 0.25) is 0 Å². The third-order valence-corrected chi connectivity index (χ3v) is 4.79. The van der Waals surface area contributed by atoms with E-state index in [4.69, 9.17) is 9.29 Å². The van der Waals surface area contributed by atoms with Crippen molar-refractivity contribution in [2.24, 2.45) is 0 Å². The van der Waals surface area contributed by atoms with Crippen molar-refractivity contribution in [3.05, 3.63) is 0 Å². The standard InChI is InChI=1S/C16H30O7S.H3N.Na/c1-2-3-4-5-6-7-8-9-10-11-12-23-16(19)14(13-15(17)18)24(20,21)22;;/h14H,2-13H2,1H3,(H,17,18)(H,20,21,22);1H3;/q;;+1. The monoisotopic (exact) mass is 406 g/mol. The minimum absolute atomic E-state index is 0. The van der Waals surface area contributed by atoms with E-state index in [1.807, 2.05) is 0 Å². The Kier molecular flexibility index (Phi) is 21.4. The van der Waals surface area contributed by atoms with Gasteiger partial charge < -0.3 is 20.8 Å². The summed E-state index contributed by atoms with van der Waals surface area (Å²) in [4.78, 5) is 22.0. The van der Waals surface area contributed by atoms with Gasteiger partial charge in [-0.15, -0.1) is 0 Å². The molecular weight excluding hydrogens is 373 g/mol. The van der Waals surface area contributed by atoms with Gasteiger partial charge in [0, 0.05) is 12.4 Å². The number of hydrogen-bond donors (Lipinski definition) is 2. The summed E-state index contributed by atoms with van der Waals surface area (Å²) >= 11 is 0. The zero-order chi connectivity index (χ0) is 18.4. The summed E-state index contributed by atoms with van der Waals surface area (Å²) in [5.74, 6) is -2.99. The van der Waals surface area contributed by atoms with Crippen LogP contribution in [0.3, 0.4) is 0 Å². The molecule has 0 heterocycles. The van der Waals surface area contributed by atoms with Crippen LogP contribution in [0.5, 0.6) is 0 Å². The summed E-state index contributed by atoms with van der Waals surface area (Å²) in [6.07, 6.45) is 9.90. The topological polar surface area (TPSA) is 157 Å². The number of carboxylic acid groups (broad SMARTS) is 1. The van der Waals surface area contributed by atoms with E-state index < -0.39 is 33.7 Å². The predicted octanol–water partition coefficient (Wildman–Crippen LogP) is -0.773. The molecule has 0 amide bonds. The van der Waals surface area contributed by atoms with Gasteiger partial charge in [-0.25, -0.2) is 0 Å². The van der Waals surface area contributed by atoms with Crippen molar-refractivity contribution in [3.63, 3.8) is 0 Å². The van der Waals surface area contributed by atoms with Gasteiger partial charge in [0.2, 0.25) is 0 Å². The van der Waals surface area contributed by atoms with Gasteiger partial charge in [0.05, 0.1) is 6.61 Å². The zero-order valence-electron chi connectivity index (χ0n) is 16.4. The Labute approximate surface area is 179 Å². The number of aliphatic carboxylic acids is 1. The van der Waals surface area contributed by atoms with Crippen LogP contribution in [0.25, 0.3) is 0 Å². The number of esters is 1. The van der Waals surface area contributed by atoms with E-state index in [2.05, 4.69) is 6.92 Å². The van der Waals surface area contributed by atoms with Crippen molar-refractivity contribution >= 4 is 22.1 Å². The van der Waals surface area contributed by atoms with Gasteiger partial charge >= 0.3 is 35.5 Å². The fourth-order valence-corrected chi connectivity index (χ4v) is 2.97. The van der Waals surface area contributed by atoms with Crippen LogP contribution in [-0.4, -0.2) is 36.8 Å². The van der Waals surface area contributed by atoms with Crippen molar-refractivity contribution in [2.75, 3.05) is 6.61 Å². The maximum absolute atomic E-state index is 11.5. The number of quaternary nitrogens is 1. The predicted molar refractivity (Wildman–Crippen MR) is 93.7 cm³/mol. The Morgan fingerprint density at radius 2 is 1.38 bits per heavy atom. The van der Waals surface area contributed by atoms with E-state index >= 15 is 0 Å². The minimum Gasteiger partial charge on any atom is -0.550 e. The number of rotatable bonds is 15. The quantitative estimate of drug-likeness (QED) is 0.156. The molecule has 10 heteroatoms. The molecule has 5 N–H and O–H groups in total. The molecule has 1 atom stereocenters. The molecule has 0 aromatic rings. The molecule has 0 rings (SSSR count). The fourth-order valence-electron chi connectivity index (χ4n) is 2.32. The Morgan fingerprint density at radius 1 is 0.962 bits per heavy atom. The van der Waals surface area contributed by atoms with Gasteiger partial charge in [-0.1, -0.05) is 64.7 Å². The summed E-state index contributed by atoms with van der Waals surface area (Å²) < 4.78 is 35.5. The number of carbonyl (C=O) groups excluding carboxylic acids is 2. The molecule has 0 aliphatic rings. The van der Waals surface area contributed by atoms with Crippen molar-refractivity contribution < 1.29 is 62.0 Å². The third-order valence-electron chi connectivity index (χ3n) is 3.72. The molecule has 0 aromatic carbocycles. The number of hydrogen-bond acceptors (Lipinski definition) is 6. The van der Waals surface area contributed by atoms with Crippen LogP contribution < -0.4 is 40.8 Å². The minimum atomic E-state index is -4.82. The first-order valence-electron chi connectivity index (χ1n) is 8.61. The number of unbranched alkanes of at least 4 members (excludes halogenated alkanes) is 9. The van der Waals surface area contributed by atoms with E-state index in [1.54, 1.807) is 0 Å². The third kappa shape index (κ3) is 17.2. The molecule has 0 spiro atoms. The van der Waals surface area contributed by atoms with Crippen LogP contribution in [0.1, 0.15) is 77.6 Å². The Morgan fingerprint density at radius 3 is 1.77 bits per heavy atom. The van der Waals surface area contributed by atoms with Gasteiger partial charge in [0.25, 0.3) is 10.1 Å². The molecule has 0 radical (unpaired) electrons. The largest absolute Gasteiger partial charge is 1.00 e. The second kappa shape index (κ2) is 18.2. The molecule has 8 nitrogen and oxygen atoms in total. The molecular formula is C16H33NNaO7S+. The second-order valence-electron chi connectivity index (χ2n) is 5.93. The van der Waals surface area contributed by atoms with Crippen LogP contribution in [-0.2, 0) is 24.4 Å². The molecule has 0 fully saturated rings. The molecule has 0 aliphatic heterocycles. The van der Waals surface area contributed by atoms with Crippen LogP contribution in [0.15, 0.2) is 0 Å². The first-order chi connectivity index (χ1) is 11.3. The molecule has 0 aliphatic carbocycles. The Bertz CT molecular complexity index is 471. The van der Waals surface area contributed by atoms with Gasteiger partial charge in [-0.3, -0.25) is 9.35 Å². The Balaban J connectivity index is -0.00000264. The van der Waals surface area contributed by atoms with Crippen LogP contribution in [0.4, 0.5) is 0 Å². The summed E-state index contributed by atoms with van der Waals surface area (Å²) in [5, 5.41) is 8.31. The first-order valence-corrected chi connectivity index (χ1v) is 10.1. The van der Waals surface area contributed by atoms with Crippen molar-refractivity contribution in [1.82, 2.24) is 6.15 Å². The second-order valence-corrected chi connectivity index (χ2v) is 7.53. The average molecular weight is 406 g/mol. The zero-order valence-corrected chi connectivity index (χ0v) is 19.2. The number of ether oxygens (including phenoxy) is 1. The van der Waals surface area contributed by atoms with Gasteiger partial charge in [0.1, 0.15) is 0 Å². The maximum atomic E-state index is 11.5. The summed E-state index contributed by atoms with van der Waals surface area (Å²) in [6.45, 7) is 2.19. The molecule has 150 valence electrons. The first kappa shape index (κ1) is 30.5. The molecule has 0 saturated carbocycles. The van der Waals surface area contributed by atoms with E-state index in [9.17, 15) is 23.1 Å². The molecule has 1 unspecified atom stereocenters. The maximum Gasteiger partial charge on any atom is 1.00 e. The summed E-state index contributed by atoms with van der Waals surface area (Å²) in [7, 11) is -4.82. The number of carboxylic acids is 1. The SMILES string of the molecule is CCCCCCCCCCCCOC(=O)C(CC(=O)[O-])S(=O)(=O)O.[NH4+].[Na+]. The molecule has 0 aromatic heterocycles. The van der Waals surface area contributed by atoms with Gasteiger partial charge in [-0.2, -0.15) is 8.42 Å². The van der Waals surface area contributed by atoms with Crippen LogP contribution in [0, 0.1) is 0 Å². The van der Waals surface area contributed by atoms with Crippen molar-refractivity contribution in [2.45, 2.75) is 82.8 Å². The number of carbonyl (C=O) groups is 2. The van der Waals surface area contributed by atoms with Crippen LogP contribution >= 0.6 is 0 Å². The normalized spacial score (nSPS) is 11.8. The van der Waals surface area contributed by atoms with Crippen molar-refractivity contribution in [1.29, 1.82) is 0 Å². The van der Waals surface area contributed by atoms with E-state index in [0.717, 1.165) is 19.3 Å². The van der Waals surface area contributed by atoms with Gasteiger partial charge in [-0.05, 0) is 6.42 Å². The summed E-state index contributed by atoms with van der Waals surface area (Å²) in [5.41, 5.74) is 0. The van der Waals surface area contributed by atoms with E-state index in [-0.39, 0.29) is 42.3 Å². The Hall–Kier alpha value is -0.190. The average Bonchev–Trinajstić information content (AvgIpc) is 2.48. The van der Waals surface area contributed by atoms with Crippen molar-refractivity contribution in [3.8, 4) is 0 Å². The van der Waals surface area contributed by atoms with E-state index in [0.29, 0.717) is 6.42 Å². The molecule has 0 saturated heterocycles. The fraction of sp³-hybridized carbons (Fsp3) is 0.875. The van der Waals surface area contributed by atoms with E-state index in [1.165, 1.54) is 38.5 Å². The molecule has 0 bridgehead atoms. The molecule has 26 heavy (non-hydrogen) atoms.